The first-order valence-electron chi connectivity index (χ1n) is 9.85. The maximum atomic E-state index is 13.9. The summed E-state index contributed by atoms with van der Waals surface area (Å²) in [4.78, 5) is 16.5. The highest BCUT2D eigenvalue weighted by Gasteiger charge is 2.36. The molecule has 6 nitrogen and oxygen atoms in total. The first kappa shape index (κ1) is 22.6. The van der Waals surface area contributed by atoms with Gasteiger partial charge in [-0.1, -0.05) is 41.4 Å². The molecule has 4 rings (SSSR count). The number of alkyl halides is 3. The number of fused-ring (bicyclic) bond motifs is 1. The van der Waals surface area contributed by atoms with Crippen LogP contribution in [0, 0.1) is 13.8 Å². The average Bonchev–Trinajstić information content (AvgIpc) is 3.09. The summed E-state index contributed by atoms with van der Waals surface area (Å²) in [6, 6.07) is 14.5. The van der Waals surface area contributed by atoms with Crippen molar-refractivity contribution in [1.29, 1.82) is 0 Å². The van der Waals surface area contributed by atoms with Crippen molar-refractivity contribution in [2.75, 3.05) is 11.9 Å². The van der Waals surface area contributed by atoms with E-state index in [-0.39, 0.29) is 22.6 Å². The van der Waals surface area contributed by atoms with Crippen LogP contribution in [0.4, 0.5) is 18.9 Å². The van der Waals surface area contributed by atoms with E-state index in [9.17, 15) is 18.0 Å². The molecule has 0 radical (unpaired) electrons. The Morgan fingerprint density at radius 2 is 1.82 bits per heavy atom. The van der Waals surface area contributed by atoms with Crippen LogP contribution in [-0.4, -0.2) is 27.3 Å². The molecule has 0 bridgehead atoms. The van der Waals surface area contributed by atoms with Crippen LogP contribution < -0.4 is 10.1 Å². The van der Waals surface area contributed by atoms with Crippen LogP contribution in [0.15, 0.2) is 54.6 Å². The van der Waals surface area contributed by atoms with E-state index in [1.807, 2.05) is 19.1 Å². The molecule has 1 amide bonds. The number of benzene rings is 2. The van der Waals surface area contributed by atoms with E-state index in [4.69, 9.17) is 16.3 Å². The van der Waals surface area contributed by atoms with Crippen LogP contribution in [0.5, 0.6) is 5.88 Å². The van der Waals surface area contributed by atoms with Crippen LogP contribution in [0.1, 0.15) is 16.8 Å². The molecule has 0 saturated heterocycles. The third-order valence-corrected chi connectivity index (χ3v) is 5.20. The first-order valence-corrected chi connectivity index (χ1v) is 10.2. The summed E-state index contributed by atoms with van der Waals surface area (Å²) < 4.78 is 48.2. The van der Waals surface area contributed by atoms with Crippen LogP contribution in [0.3, 0.4) is 0 Å². The quantitative estimate of drug-likeness (QED) is 0.401. The second-order valence-corrected chi connectivity index (χ2v) is 7.76. The second-order valence-electron chi connectivity index (χ2n) is 7.35. The van der Waals surface area contributed by atoms with Gasteiger partial charge in [-0.3, -0.25) is 4.79 Å². The normalized spacial score (nSPS) is 11.6. The Hall–Kier alpha value is -3.59. The lowest BCUT2D eigenvalue weighted by Gasteiger charge is -2.12. The number of hydrogen-bond acceptors (Lipinski definition) is 4. The molecule has 0 spiro atoms. The Kier molecular flexibility index (Phi) is 5.99. The van der Waals surface area contributed by atoms with Crippen molar-refractivity contribution in [3.63, 3.8) is 0 Å². The lowest BCUT2D eigenvalue weighted by Crippen LogP contribution is -2.21. The number of amides is 1. The Morgan fingerprint density at radius 1 is 1.12 bits per heavy atom. The molecule has 0 aliphatic heterocycles. The highest BCUT2D eigenvalue weighted by Crippen LogP contribution is 2.38. The number of pyridine rings is 1. The lowest BCUT2D eigenvalue weighted by molar-refractivity contribution is -0.136. The highest BCUT2D eigenvalue weighted by molar-refractivity contribution is 6.33. The molecule has 0 atom stereocenters. The van der Waals surface area contributed by atoms with Gasteiger partial charge >= 0.3 is 6.18 Å². The zero-order valence-corrected chi connectivity index (χ0v) is 18.3. The minimum absolute atomic E-state index is 0.0207. The van der Waals surface area contributed by atoms with Gasteiger partial charge in [0.1, 0.15) is 0 Å². The summed E-state index contributed by atoms with van der Waals surface area (Å²) in [6.45, 7) is 2.83. The van der Waals surface area contributed by atoms with E-state index in [1.165, 1.54) is 11.6 Å². The molecular weight excluding hydrogens is 457 g/mol. The number of carbonyl (C=O) groups is 1. The second kappa shape index (κ2) is 8.74. The molecule has 0 aliphatic rings. The topological polar surface area (TPSA) is 69.0 Å². The number of carbonyl (C=O) groups excluding carboxylic acids is 1. The van der Waals surface area contributed by atoms with Crippen molar-refractivity contribution < 1.29 is 22.7 Å². The lowest BCUT2D eigenvalue weighted by atomic mass is 10.1. The number of nitrogens with one attached hydrogen (secondary N) is 1. The van der Waals surface area contributed by atoms with Crippen molar-refractivity contribution >= 4 is 34.2 Å². The molecule has 4 aromatic rings. The summed E-state index contributed by atoms with van der Waals surface area (Å²) in [7, 11) is 0. The van der Waals surface area contributed by atoms with Crippen molar-refractivity contribution in [1.82, 2.24) is 14.8 Å². The number of hydrogen-bond donors (Lipinski definition) is 1. The molecule has 170 valence electrons. The molecular formula is C23H18ClF3N4O2. The predicted octanol–water partition coefficient (Wildman–Crippen LogP) is 5.73. The van der Waals surface area contributed by atoms with E-state index < -0.39 is 24.3 Å². The number of aryl methyl sites for hydroxylation is 2. The summed E-state index contributed by atoms with van der Waals surface area (Å²) in [5.41, 5.74) is 1.11. The average molecular weight is 475 g/mol. The van der Waals surface area contributed by atoms with Crippen LogP contribution in [0.25, 0.3) is 16.7 Å². The molecule has 10 heteroatoms. The van der Waals surface area contributed by atoms with Gasteiger partial charge in [0.05, 0.1) is 33.0 Å². The minimum atomic E-state index is -4.68. The molecule has 0 aliphatic carbocycles. The van der Waals surface area contributed by atoms with Crippen molar-refractivity contribution in [3.8, 4) is 11.6 Å². The van der Waals surface area contributed by atoms with Crippen molar-refractivity contribution in [3.05, 3.63) is 76.4 Å². The molecule has 33 heavy (non-hydrogen) atoms. The summed E-state index contributed by atoms with van der Waals surface area (Å²) in [5, 5.41) is 7.01. The molecule has 2 aromatic carbocycles. The third-order valence-electron chi connectivity index (χ3n) is 4.87. The van der Waals surface area contributed by atoms with E-state index in [2.05, 4.69) is 15.4 Å². The van der Waals surface area contributed by atoms with Gasteiger partial charge in [-0.05, 0) is 38.1 Å². The van der Waals surface area contributed by atoms with Gasteiger partial charge < -0.3 is 10.1 Å². The Bertz CT molecular complexity index is 1330. The monoisotopic (exact) mass is 474 g/mol. The van der Waals surface area contributed by atoms with E-state index >= 15 is 0 Å². The Labute approximate surface area is 192 Å². The van der Waals surface area contributed by atoms with E-state index in [0.29, 0.717) is 16.4 Å². The van der Waals surface area contributed by atoms with Gasteiger partial charge in [0.15, 0.2) is 12.3 Å². The summed E-state index contributed by atoms with van der Waals surface area (Å²) in [6.07, 6.45) is -4.68. The van der Waals surface area contributed by atoms with Crippen LogP contribution in [0.2, 0.25) is 5.02 Å². The molecule has 0 saturated carbocycles. The maximum absolute atomic E-state index is 13.9. The predicted molar refractivity (Wildman–Crippen MR) is 119 cm³/mol. The van der Waals surface area contributed by atoms with Gasteiger partial charge in [0.25, 0.3) is 5.91 Å². The van der Waals surface area contributed by atoms with Crippen LogP contribution >= 0.6 is 11.6 Å². The minimum Gasteiger partial charge on any atom is -0.467 e. The van der Waals surface area contributed by atoms with Gasteiger partial charge in [-0.25, -0.2) is 4.68 Å². The maximum Gasteiger partial charge on any atom is 0.417 e. The number of rotatable bonds is 5. The molecule has 2 heterocycles. The number of aromatic nitrogens is 3. The molecule has 0 unspecified atom stereocenters. The number of nitrogens with zero attached hydrogens (tertiary/aromatic N) is 3. The summed E-state index contributed by atoms with van der Waals surface area (Å²) in [5.74, 6) is -0.945. The van der Waals surface area contributed by atoms with E-state index in [0.717, 1.165) is 11.6 Å². The number of para-hydroxylation sites is 1. The zero-order valence-electron chi connectivity index (χ0n) is 17.6. The van der Waals surface area contributed by atoms with Crippen LogP contribution in [-0.2, 0) is 11.0 Å². The number of anilines is 1. The fraction of sp³-hybridized carbons (Fsp3) is 0.174. The van der Waals surface area contributed by atoms with Gasteiger partial charge in [-0.2, -0.15) is 23.3 Å². The Morgan fingerprint density at radius 3 is 2.48 bits per heavy atom. The largest absolute Gasteiger partial charge is 0.467 e. The third kappa shape index (κ3) is 4.78. The van der Waals surface area contributed by atoms with Crippen molar-refractivity contribution in [2.24, 2.45) is 0 Å². The fourth-order valence-corrected chi connectivity index (χ4v) is 3.50. The van der Waals surface area contributed by atoms with Crippen molar-refractivity contribution in [2.45, 2.75) is 20.0 Å². The summed E-state index contributed by atoms with van der Waals surface area (Å²) >= 11 is 6.01. The number of ether oxygens (including phenoxy) is 1. The fourth-order valence-electron chi connectivity index (χ4n) is 3.32. The Balaban J connectivity index is 1.69. The smallest absolute Gasteiger partial charge is 0.417 e. The van der Waals surface area contributed by atoms with Gasteiger partial charge in [-0.15, -0.1) is 0 Å². The SMILES string of the molecule is Cc1ccc(-n2nc(C)c3c(C(F)(F)F)cc(OCC(=O)Nc4ccccc4Cl)nc32)cc1. The molecule has 0 fully saturated rings. The van der Waals surface area contributed by atoms with E-state index in [1.54, 1.807) is 36.4 Å². The zero-order chi connectivity index (χ0) is 23.8. The molecule has 1 N–H and O–H groups in total. The van der Waals surface area contributed by atoms with Gasteiger partial charge in [0.2, 0.25) is 5.88 Å². The highest BCUT2D eigenvalue weighted by atomic mass is 35.5. The van der Waals surface area contributed by atoms with Gasteiger partial charge in [0, 0.05) is 6.07 Å². The first-order chi connectivity index (χ1) is 15.6. The number of halogens is 4. The standard InChI is InChI=1S/C23H18ClF3N4O2/c1-13-7-9-15(10-8-13)31-22-21(14(2)30-31)16(23(25,26)27)11-20(29-22)33-12-19(32)28-18-6-4-3-5-17(18)24/h3-11H,12H2,1-2H3,(H,28,32). The molecule has 2 aromatic heterocycles.